The molecule has 3 atom stereocenters. The molecule has 1 saturated carbocycles. The first kappa shape index (κ1) is 28.6. The van der Waals surface area contributed by atoms with Gasteiger partial charge < -0.3 is 20.3 Å². The van der Waals surface area contributed by atoms with Gasteiger partial charge in [0.15, 0.2) is 0 Å². The summed E-state index contributed by atoms with van der Waals surface area (Å²) in [5.74, 6) is -1.63. The predicted octanol–water partition coefficient (Wildman–Crippen LogP) is 4.48. The van der Waals surface area contributed by atoms with Crippen LogP contribution in [0.1, 0.15) is 70.0 Å². The number of hydrogen-bond acceptors (Lipinski definition) is 7. The number of ether oxygens (including phenoxy) is 2. The lowest BCUT2D eigenvalue weighted by Gasteiger charge is -2.37. The van der Waals surface area contributed by atoms with E-state index in [2.05, 4.69) is 5.43 Å². The number of benzene rings is 2. The Hall–Kier alpha value is -2.94. The van der Waals surface area contributed by atoms with Crippen LogP contribution in [0.5, 0.6) is 0 Å². The molecule has 2 aromatic rings. The fraction of sp³-hybridized carbons (Fsp3) is 0.517. The van der Waals surface area contributed by atoms with Crippen molar-refractivity contribution in [3.8, 4) is 0 Å². The smallest absolute Gasteiger partial charge is 0.422 e. The Morgan fingerprint density at radius 3 is 2.22 bits per heavy atom. The number of carbonyl (C=O) groups excluding carboxylic acids is 2. The topological polar surface area (TPSA) is 114 Å². The van der Waals surface area contributed by atoms with Crippen molar-refractivity contribution < 1.29 is 24.2 Å². The maximum atomic E-state index is 13.3. The number of hydrazine groups is 1. The summed E-state index contributed by atoms with van der Waals surface area (Å²) in [4.78, 5) is 26.0. The van der Waals surface area contributed by atoms with Gasteiger partial charge in [-0.15, -0.1) is 0 Å². The first-order valence-electron chi connectivity index (χ1n) is 13.1. The van der Waals surface area contributed by atoms with Crippen molar-refractivity contribution in [1.82, 2.24) is 10.4 Å². The number of carbonyl (C=O) groups is 2. The van der Waals surface area contributed by atoms with Gasteiger partial charge in [0.2, 0.25) is 0 Å². The Kier molecular flexibility index (Phi) is 10.5. The molecule has 1 aliphatic rings. The van der Waals surface area contributed by atoms with E-state index in [1.54, 1.807) is 25.8 Å². The highest BCUT2D eigenvalue weighted by Gasteiger charge is 2.38. The number of hydrogen-bond donors (Lipinski definition) is 3. The number of aliphatic hydroxyl groups is 1. The standard InChI is InChI=1S/C29H41N3O5/c1-29(2,3)37-28(35)31-32(23-17-11-6-12-18-23)19-24(33)25(26(30)22-15-9-5-10-16-22)27(34)36-20-21-13-7-4-8-14-21/h4-5,7-10,13-16,23-26,33H,6,11-12,17-20,30H2,1-3H3,(H,31,35)/t24-,25-,26?/m1/s1. The molecule has 0 saturated heterocycles. The molecular formula is C29H41N3O5. The van der Waals surface area contributed by atoms with Crippen LogP contribution in [0, 0.1) is 5.92 Å². The number of rotatable bonds is 10. The van der Waals surface area contributed by atoms with Crippen LogP contribution in [0.25, 0.3) is 0 Å². The zero-order valence-corrected chi connectivity index (χ0v) is 22.1. The van der Waals surface area contributed by atoms with Crippen LogP contribution in [0.15, 0.2) is 60.7 Å². The molecule has 202 valence electrons. The third kappa shape index (κ3) is 9.14. The van der Waals surface area contributed by atoms with Crippen LogP contribution >= 0.6 is 0 Å². The van der Waals surface area contributed by atoms with Gasteiger partial charge in [-0.2, -0.15) is 0 Å². The zero-order chi connectivity index (χ0) is 26.8. The molecule has 0 radical (unpaired) electrons. The van der Waals surface area contributed by atoms with E-state index in [0.29, 0.717) is 5.56 Å². The summed E-state index contributed by atoms with van der Waals surface area (Å²) in [5, 5.41) is 13.2. The minimum atomic E-state index is -1.20. The van der Waals surface area contributed by atoms with Gasteiger partial charge in [0, 0.05) is 18.6 Å². The molecule has 0 bridgehead atoms. The lowest BCUT2D eigenvalue weighted by molar-refractivity contribution is -0.156. The highest BCUT2D eigenvalue weighted by atomic mass is 16.6. The summed E-state index contributed by atoms with van der Waals surface area (Å²) < 4.78 is 11.1. The van der Waals surface area contributed by atoms with Gasteiger partial charge in [0.25, 0.3) is 0 Å². The second kappa shape index (κ2) is 13.6. The second-order valence-electron chi connectivity index (χ2n) is 10.7. The molecule has 0 heterocycles. The summed E-state index contributed by atoms with van der Waals surface area (Å²) in [6, 6.07) is 17.8. The molecule has 1 fully saturated rings. The van der Waals surface area contributed by atoms with Crippen molar-refractivity contribution in [2.45, 2.75) is 83.3 Å². The van der Waals surface area contributed by atoms with E-state index in [0.717, 1.165) is 37.7 Å². The molecule has 0 aromatic heterocycles. The van der Waals surface area contributed by atoms with Crippen LogP contribution in [0.2, 0.25) is 0 Å². The Bertz CT molecular complexity index is 974. The van der Waals surface area contributed by atoms with E-state index in [9.17, 15) is 14.7 Å². The van der Waals surface area contributed by atoms with Gasteiger partial charge in [-0.3, -0.25) is 10.2 Å². The van der Waals surface area contributed by atoms with Crippen molar-refractivity contribution in [2.24, 2.45) is 11.7 Å². The monoisotopic (exact) mass is 511 g/mol. The Labute approximate surface area is 220 Å². The Morgan fingerprint density at radius 1 is 1.03 bits per heavy atom. The fourth-order valence-corrected chi connectivity index (χ4v) is 4.66. The molecule has 1 amide bonds. The first-order chi connectivity index (χ1) is 17.6. The van der Waals surface area contributed by atoms with Crippen molar-refractivity contribution in [1.29, 1.82) is 0 Å². The van der Waals surface area contributed by atoms with Crippen molar-refractivity contribution in [3.05, 3.63) is 71.8 Å². The van der Waals surface area contributed by atoms with E-state index in [-0.39, 0.29) is 19.2 Å². The molecule has 1 aliphatic carbocycles. The zero-order valence-electron chi connectivity index (χ0n) is 22.1. The molecule has 1 unspecified atom stereocenters. The fourth-order valence-electron chi connectivity index (χ4n) is 4.66. The maximum Gasteiger partial charge on any atom is 0.422 e. The van der Waals surface area contributed by atoms with Crippen LogP contribution in [0.3, 0.4) is 0 Å². The summed E-state index contributed by atoms with van der Waals surface area (Å²) in [7, 11) is 0. The molecule has 0 aliphatic heterocycles. The number of esters is 1. The molecule has 37 heavy (non-hydrogen) atoms. The number of nitrogens with one attached hydrogen (secondary N) is 1. The molecule has 0 spiro atoms. The highest BCUT2D eigenvalue weighted by Crippen LogP contribution is 2.27. The number of amides is 1. The molecular weight excluding hydrogens is 470 g/mol. The van der Waals surface area contributed by atoms with E-state index < -0.39 is 35.7 Å². The van der Waals surface area contributed by atoms with E-state index in [1.165, 1.54) is 0 Å². The highest BCUT2D eigenvalue weighted by molar-refractivity contribution is 5.74. The van der Waals surface area contributed by atoms with Crippen LogP contribution in [0.4, 0.5) is 4.79 Å². The number of nitrogens with zero attached hydrogens (tertiary/aromatic N) is 1. The molecule has 3 rings (SSSR count). The van der Waals surface area contributed by atoms with Gasteiger partial charge in [-0.1, -0.05) is 79.9 Å². The number of nitrogens with two attached hydrogens (primary N) is 1. The third-order valence-corrected chi connectivity index (χ3v) is 6.51. The van der Waals surface area contributed by atoms with Crippen LogP contribution < -0.4 is 11.2 Å². The van der Waals surface area contributed by atoms with Gasteiger partial charge in [-0.25, -0.2) is 9.80 Å². The van der Waals surface area contributed by atoms with Crippen LogP contribution in [-0.2, 0) is 20.9 Å². The maximum absolute atomic E-state index is 13.3. The predicted molar refractivity (Wildman–Crippen MR) is 142 cm³/mol. The van der Waals surface area contributed by atoms with Gasteiger partial charge in [-0.05, 0) is 44.7 Å². The van der Waals surface area contributed by atoms with Gasteiger partial charge in [0.1, 0.15) is 18.1 Å². The Morgan fingerprint density at radius 2 is 1.62 bits per heavy atom. The molecule has 8 nitrogen and oxygen atoms in total. The van der Waals surface area contributed by atoms with Gasteiger partial charge >= 0.3 is 12.1 Å². The van der Waals surface area contributed by atoms with E-state index in [4.69, 9.17) is 15.2 Å². The minimum Gasteiger partial charge on any atom is -0.460 e. The summed E-state index contributed by atoms with van der Waals surface area (Å²) >= 11 is 0. The summed E-state index contributed by atoms with van der Waals surface area (Å²) in [6.45, 7) is 5.47. The lowest BCUT2D eigenvalue weighted by atomic mass is 9.88. The summed E-state index contributed by atoms with van der Waals surface area (Å²) in [5.41, 5.74) is 10.3. The average Bonchev–Trinajstić information content (AvgIpc) is 2.87. The van der Waals surface area contributed by atoms with Crippen molar-refractivity contribution >= 4 is 12.1 Å². The van der Waals surface area contributed by atoms with Crippen molar-refractivity contribution in [3.63, 3.8) is 0 Å². The number of aliphatic hydroxyl groups excluding tert-OH is 1. The molecule has 2 aromatic carbocycles. The van der Waals surface area contributed by atoms with E-state index >= 15 is 0 Å². The average molecular weight is 512 g/mol. The summed E-state index contributed by atoms with van der Waals surface area (Å²) in [6.07, 6.45) is 3.13. The lowest BCUT2D eigenvalue weighted by Crippen LogP contribution is -2.55. The quantitative estimate of drug-likeness (QED) is 0.318. The third-order valence-electron chi connectivity index (χ3n) is 6.51. The minimum absolute atomic E-state index is 0.00947. The normalized spacial score (nSPS) is 17.0. The van der Waals surface area contributed by atoms with Crippen molar-refractivity contribution in [2.75, 3.05) is 6.54 Å². The second-order valence-corrected chi connectivity index (χ2v) is 10.7. The van der Waals surface area contributed by atoms with Gasteiger partial charge in [0.05, 0.1) is 6.10 Å². The largest absolute Gasteiger partial charge is 0.460 e. The van der Waals surface area contributed by atoms with Crippen LogP contribution in [-0.4, -0.2) is 46.5 Å². The first-order valence-corrected chi connectivity index (χ1v) is 13.1. The molecule has 4 N–H and O–H groups in total. The Balaban J connectivity index is 1.80. The van der Waals surface area contributed by atoms with E-state index in [1.807, 2.05) is 60.7 Å². The SMILES string of the molecule is CC(C)(C)OC(=O)NN(C[C@@H](O)[C@@H](C(=O)OCc1ccccc1)C(N)c1ccccc1)C1CCCCC1. The molecule has 8 heteroatoms.